The number of cyclic esters (lactones) is 1. The van der Waals surface area contributed by atoms with Crippen molar-refractivity contribution >= 4 is 12.2 Å². The van der Waals surface area contributed by atoms with E-state index in [2.05, 4.69) is 0 Å². The number of amides is 2. The van der Waals surface area contributed by atoms with Crippen LogP contribution in [0.25, 0.3) is 0 Å². The third-order valence-corrected chi connectivity index (χ3v) is 5.78. The van der Waals surface area contributed by atoms with E-state index in [4.69, 9.17) is 9.47 Å². The summed E-state index contributed by atoms with van der Waals surface area (Å²) in [7, 11) is 0. The summed E-state index contributed by atoms with van der Waals surface area (Å²) < 4.78 is 11.6. The first-order valence-electron chi connectivity index (χ1n) is 11.1. The Bertz CT molecular complexity index is 783. The second-order valence-electron chi connectivity index (χ2n) is 10.4. The zero-order valence-corrected chi connectivity index (χ0v) is 19.4. The molecule has 2 aliphatic heterocycles. The van der Waals surface area contributed by atoms with Crippen LogP contribution >= 0.6 is 0 Å². The number of likely N-dealkylation sites (tertiary alicyclic amines) is 1. The lowest BCUT2D eigenvalue weighted by Gasteiger charge is -2.47. The number of ether oxygens (including phenoxy) is 2. The molecule has 7 heteroatoms. The first-order valence-corrected chi connectivity index (χ1v) is 11.1. The first kappa shape index (κ1) is 23.4. The molecule has 0 unspecified atom stereocenters. The number of nitrogens with zero attached hydrogens (tertiary/aromatic N) is 2. The Morgan fingerprint density at radius 3 is 2.45 bits per heavy atom. The van der Waals surface area contributed by atoms with Crippen LogP contribution in [0.3, 0.4) is 0 Å². The summed E-state index contributed by atoms with van der Waals surface area (Å²) >= 11 is 0. The highest BCUT2D eigenvalue weighted by atomic mass is 16.6. The van der Waals surface area contributed by atoms with E-state index in [0.29, 0.717) is 32.5 Å². The van der Waals surface area contributed by atoms with Gasteiger partial charge in [-0.15, -0.1) is 0 Å². The highest BCUT2D eigenvalue weighted by Crippen LogP contribution is 2.41. The molecule has 0 aliphatic carbocycles. The molecule has 1 aromatic rings. The van der Waals surface area contributed by atoms with Crippen molar-refractivity contribution in [1.29, 1.82) is 0 Å². The molecule has 31 heavy (non-hydrogen) atoms. The largest absolute Gasteiger partial charge is 0.444 e. The van der Waals surface area contributed by atoms with E-state index in [1.54, 1.807) is 23.6 Å². The van der Waals surface area contributed by atoms with E-state index in [9.17, 15) is 14.7 Å². The van der Waals surface area contributed by atoms with Gasteiger partial charge in [-0.1, -0.05) is 30.3 Å². The summed E-state index contributed by atoms with van der Waals surface area (Å²) in [5.74, 6) is 0. The van der Waals surface area contributed by atoms with Gasteiger partial charge in [0, 0.05) is 32.5 Å². The molecule has 2 aliphatic rings. The highest BCUT2D eigenvalue weighted by Gasteiger charge is 2.47. The van der Waals surface area contributed by atoms with Gasteiger partial charge in [0.2, 0.25) is 0 Å². The smallest absolute Gasteiger partial charge is 0.410 e. The van der Waals surface area contributed by atoms with Crippen LogP contribution in [0.2, 0.25) is 0 Å². The summed E-state index contributed by atoms with van der Waals surface area (Å²) in [5.41, 5.74) is -1.52. The van der Waals surface area contributed by atoms with E-state index >= 15 is 0 Å². The summed E-state index contributed by atoms with van der Waals surface area (Å²) in [6, 6.07) is 9.54. The number of carbonyl (C=O) groups is 2. The topological polar surface area (TPSA) is 79.3 Å². The van der Waals surface area contributed by atoms with E-state index in [1.807, 2.05) is 51.1 Å². The van der Waals surface area contributed by atoms with Crippen LogP contribution in [0, 0.1) is 0 Å². The number of aliphatic hydroxyl groups is 1. The maximum absolute atomic E-state index is 13.2. The average Bonchev–Trinajstić information content (AvgIpc) is 2.66. The molecule has 3 rings (SSSR count). The van der Waals surface area contributed by atoms with Crippen LogP contribution in [0.5, 0.6) is 0 Å². The number of hydrogen-bond donors (Lipinski definition) is 1. The quantitative estimate of drug-likeness (QED) is 0.768. The fraction of sp³-hybridized carbons (Fsp3) is 0.667. The fourth-order valence-corrected chi connectivity index (χ4v) is 4.57. The highest BCUT2D eigenvalue weighted by molar-refractivity contribution is 5.71. The zero-order valence-electron chi connectivity index (χ0n) is 19.4. The van der Waals surface area contributed by atoms with Gasteiger partial charge >= 0.3 is 12.2 Å². The number of hydrogen-bond acceptors (Lipinski definition) is 5. The van der Waals surface area contributed by atoms with Crippen molar-refractivity contribution in [3.63, 3.8) is 0 Å². The van der Waals surface area contributed by atoms with Crippen LogP contribution in [-0.2, 0) is 15.1 Å². The van der Waals surface area contributed by atoms with Gasteiger partial charge in [0.1, 0.15) is 11.2 Å². The van der Waals surface area contributed by atoms with Gasteiger partial charge in [0.05, 0.1) is 11.6 Å². The Hall–Kier alpha value is -2.28. The van der Waals surface area contributed by atoms with Gasteiger partial charge in [0.15, 0.2) is 0 Å². The molecule has 0 bridgehead atoms. The van der Waals surface area contributed by atoms with Crippen LogP contribution in [-0.4, -0.2) is 64.0 Å². The second kappa shape index (κ2) is 8.69. The molecular formula is C24H36N2O5. The van der Waals surface area contributed by atoms with E-state index in [0.717, 1.165) is 18.4 Å². The zero-order chi connectivity index (χ0) is 22.9. The molecule has 1 aromatic carbocycles. The minimum atomic E-state index is -0.989. The molecule has 2 saturated heterocycles. The van der Waals surface area contributed by atoms with Crippen molar-refractivity contribution in [2.45, 2.75) is 83.1 Å². The molecule has 2 fully saturated rings. The standard InChI is InChI=1S/C24H36N2O5/c1-22(2,3)30-20(27)25-14-9-12-19(16-25)26-15-13-24(31-21(26)28,17-23(4,5)29)18-10-7-6-8-11-18/h6-8,10-11,19,29H,9,12-17H2,1-5H3/t19-,24-/m0/s1. The molecule has 0 aromatic heterocycles. The monoisotopic (exact) mass is 432 g/mol. The average molecular weight is 433 g/mol. The Balaban J connectivity index is 1.73. The fourth-order valence-electron chi connectivity index (χ4n) is 4.57. The lowest BCUT2D eigenvalue weighted by Crippen LogP contribution is -2.57. The number of carbonyl (C=O) groups excluding carboxylic acids is 2. The molecule has 0 saturated carbocycles. The minimum Gasteiger partial charge on any atom is -0.444 e. The minimum absolute atomic E-state index is 0.107. The van der Waals surface area contributed by atoms with Crippen molar-refractivity contribution < 1.29 is 24.2 Å². The Morgan fingerprint density at radius 2 is 1.87 bits per heavy atom. The van der Waals surface area contributed by atoms with Crippen molar-refractivity contribution in [2.75, 3.05) is 19.6 Å². The van der Waals surface area contributed by atoms with Gasteiger partial charge in [0.25, 0.3) is 0 Å². The van der Waals surface area contributed by atoms with Gasteiger partial charge in [-0.3, -0.25) is 0 Å². The van der Waals surface area contributed by atoms with Crippen molar-refractivity contribution in [2.24, 2.45) is 0 Å². The molecule has 2 atom stereocenters. The van der Waals surface area contributed by atoms with Crippen molar-refractivity contribution in [3.8, 4) is 0 Å². The molecule has 2 heterocycles. The number of benzene rings is 1. The van der Waals surface area contributed by atoms with Crippen LogP contribution < -0.4 is 0 Å². The van der Waals surface area contributed by atoms with E-state index < -0.39 is 22.9 Å². The molecule has 1 N–H and O–H groups in total. The summed E-state index contributed by atoms with van der Waals surface area (Å²) in [6.45, 7) is 10.6. The van der Waals surface area contributed by atoms with Crippen molar-refractivity contribution in [3.05, 3.63) is 35.9 Å². The third-order valence-electron chi connectivity index (χ3n) is 5.78. The van der Waals surface area contributed by atoms with Crippen LogP contribution in [0.4, 0.5) is 9.59 Å². The maximum Gasteiger partial charge on any atom is 0.410 e. The molecule has 7 nitrogen and oxygen atoms in total. The summed E-state index contributed by atoms with van der Waals surface area (Å²) in [5, 5.41) is 10.5. The predicted octanol–water partition coefficient (Wildman–Crippen LogP) is 4.28. The summed E-state index contributed by atoms with van der Waals surface area (Å²) in [6.07, 6.45) is 1.78. The van der Waals surface area contributed by atoms with Crippen LogP contribution in [0.15, 0.2) is 30.3 Å². The first-order chi connectivity index (χ1) is 14.4. The molecule has 172 valence electrons. The normalized spacial score (nSPS) is 25.2. The Morgan fingerprint density at radius 1 is 1.19 bits per heavy atom. The van der Waals surface area contributed by atoms with Crippen molar-refractivity contribution in [1.82, 2.24) is 9.80 Å². The SMILES string of the molecule is CC(C)(O)C[C@]1(c2ccccc2)CCN([C@H]2CCCN(C(=O)OC(C)(C)C)C2)C(=O)O1. The maximum atomic E-state index is 13.2. The predicted molar refractivity (Wildman–Crippen MR) is 118 cm³/mol. The summed E-state index contributed by atoms with van der Waals surface area (Å²) in [4.78, 5) is 29.1. The van der Waals surface area contributed by atoms with Gasteiger partial charge in [-0.2, -0.15) is 0 Å². The van der Waals surface area contributed by atoms with Gasteiger partial charge < -0.3 is 24.4 Å². The Labute approximate surface area is 185 Å². The third kappa shape index (κ3) is 5.91. The van der Waals surface area contributed by atoms with Gasteiger partial charge in [-0.25, -0.2) is 9.59 Å². The Kier molecular flexibility index (Phi) is 6.56. The number of piperidine rings is 1. The lowest BCUT2D eigenvalue weighted by molar-refractivity contribution is -0.105. The number of rotatable bonds is 4. The lowest BCUT2D eigenvalue weighted by atomic mass is 9.80. The molecular weight excluding hydrogens is 396 g/mol. The molecule has 0 spiro atoms. The molecule has 2 amide bonds. The molecule has 0 radical (unpaired) electrons. The second-order valence-corrected chi connectivity index (χ2v) is 10.4. The van der Waals surface area contributed by atoms with E-state index in [1.165, 1.54) is 0 Å². The van der Waals surface area contributed by atoms with Crippen LogP contribution in [0.1, 0.15) is 65.9 Å². The van der Waals surface area contributed by atoms with Gasteiger partial charge in [-0.05, 0) is 53.0 Å². The van der Waals surface area contributed by atoms with E-state index in [-0.39, 0.29) is 12.1 Å².